The summed E-state index contributed by atoms with van der Waals surface area (Å²) in [6, 6.07) is 3.90. The van der Waals surface area contributed by atoms with Gasteiger partial charge in [0.2, 0.25) is 5.91 Å². The molecule has 2 aromatic rings. The smallest absolute Gasteiger partial charge is 0.239 e. The molecular weight excluding hydrogens is 268 g/mol. The summed E-state index contributed by atoms with van der Waals surface area (Å²) in [5, 5.41) is 15.9. The number of nitrogens with one attached hydrogen (secondary N) is 1. The molecule has 112 valence electrons. The number of carbonyl (C=O) groups is 1. The lowest BCUT2D eigenvalue weighted by molar-refractivity contribution is -0.121. The number of aromatic nitrogens is 4. The molecule has 7 heteroatoms. The van der Waals surface area contributed by atoms with Gasteiger partial charge >= 0.3 is 0 Å². The quantitative estimate of drug-likeness (QED) is 0.838. The lowest BCUT2D eigenvalue weighted by Gasteiger charge is -2.31. The maximum Gasteiger partial charge on any atom is 0.239 e. The highest BCUT2D eigenvalue weighted by atomic mass is 16.2. The predicted octanol–water partition coefficient (Wildman–Crippen LogP) is 0.746. The van der Waals surface area contributed by atoms with Gasteiger partial charge in [0, 0.05) is 18.0 Å². The molecule has 0 spiro atoms. The number of hydrogen-bond donors (Lipinski definition) is 1. The van der Waals surface area contributed by atoms with Crippen molar-refractivity contribution >= 4 is 17.4 Å². The summed E-state index contributed by atoms with van der Waals surface area (Å²) >= 11 is 0. The Labute approximate surface area is 123 Å². The number of amides is 1. The Morgan fingerprint density at radius 3 is 2.71 bits per heavy atom. The van der Waals surface area contributed by atoms with E-state index in [0.717, 1.165) is 23.8 Å². The van der Waals surface area contributed by atoms with Crippen molar-refractivity contribution in [2.45, 2.75) is 39.2 Å². The number of hydrogen-bond acceptors (Lipinski definition) is 5. The van der Waals surface area contributed by atoms with E-state index in [9.17, 15) is 4.79 Å². The van der Waals surface area contributed by atoms with Crippen LogP contribution in [0.1, 0.15) is 33.5 Å². The summed E-state index contributed by atoms with van der Waals surface area (Å²) in [4.78, 5) is 13.7. The van der Waals surface area contributed by atoms with E-state index < -0.39 is 0 Å². The standard InChI is InChI=1S/C14H20N6O/c1-9-7-19(8-12(21)15-9)11-6-5-10-16-17-13(14(2,3)4)20(10)18-11/h5-6,9H,7-8H2,1-4H3,(H,15,21). The summed E-state index contributed by atoms with van der Waals surface area (Å²) in [6.45, 7) is 9.30. The normalized spacial score (nSPS) is 19.9. The topological polar surface area (TPSA) is 75.4 Å². The van der Waals surface area contributed by atoms with Crippen molar-refractivity contribution in [2.75, 3.05) is 18.0 Å². The van der Waals surface area contributed by atoms with Crippen LogP contribution >= 0.6 is 0 Å². The third-order valence-electron chi connectivity index (χ3n) is 3.48. The van der Waals surface area contributed by atoms with Crippen LogP contribution in [0.3, 0.4) is 0 Å². The van der Waals surface area contributed by atoms with Gasteiger partial charge in [-0.25, -0.2) is 0 Å². The van der Waals surface area contributed by atoms with Gasteiger partial charge in [-0.15, -0.1) is 15.3 Å². The summed E-state index contributed by atoms with van der Waals surface area (Å²) in [6.07, 6.45) is 0. The number of fused-ring (bicyclic) bond motifs is 1. The maximum atomic E-state index is 11.7. The Morgan fingerprint density at radius 1 is 1.29 bits per heavy atom. The fourth-order valence-electron chi connectivity index (χ4n) is 2.52. The third kappa shape index (κ3) is 2.55. The number of nitrogens with zero attached hydrogens (tertiary/aromatic N) is 5. The second-order valence-electron chi connectivity index (χ2n) is 6.58. The first-order valence-corrected chi connectivity index (χ1v) is 7.12. The highest BCUT2D eigenvalue weighted by Gasteiger charge is 2.25. The van der Waals surface area contributed by atoms with Gasteiger partial charge in [-0.1, -0.05) is 20.8 Å². The van der Waals surface area contributed by atoms with Crippen LogP contribution in [0, 0.1) is 0 Å². The molecular formula is C14H20N6O. The summed E-state index contributed by atoms with van der Waals surface area (Å²) < 4.78 is 1.77. The van der Waals surface area contributed by atoms with E-state index in [1.807, 2.05) is 24.0 Å². The van der Waals surface area contributed by atoms with E-state index in [2.05, 4.69) is 41.4 Å². The van der Waals surface area contributed by atoms with Gasteiger partial charge in [0.1, 0.15) is 5.82 Å². The van der Waals surface area contributed by atoms with Crippen LogP contribution < -0.4 is 10.2 Å². The van der Waals surface area contributed by atoms with Gasteiger partial charge < -0.3 is 10.2 Å². The second-order valence-corrected chi connectivity index (χ2v) is 6.58. The van der Waals surface area contributed by atoms with Gasteiger partial charge in [0.25, 0.3) is 0 Å². The third-order valence-corrected chi connectivity index (χ3v) is 3.48. The van der Waals surface area contributed by atoms with Crippen LogP contribution in [-0.4, -0.2) is 44.8 Å². The minimum atomic E-state index is -0.141. The molecule has 7 nitrogen and oxygen atoms in total. The molecule has 1 N–H and O–H groups in total. The average molecular weight is 288 g/mol. The van der Waals surface area contributed by atoms with Crippen molar-refractivity contribution in [3.63, 3.8) is 0 Å². The molecule has 0 radical (unpaired) electrons. The molecule has 3 rings (SSSR count). The van der Waals surface area contributed by atoms with Crippen molar-refractivity contribution in [3.05, 3.63) is 18.0 Å². The van der Waals surface area contributed by atoms with Gasteiger partial charge in [0.05, 0.1) is 6.54 Å². The van der Waals surface area contributed by atoms with Gasteiger partial charge in [-0.05, 0) is 19.1 Å². The molecule has 21 heavy (non-hydrogen) atoms. The lowest BCUT2D eigenvalue weighted by atomic mass is 9.96. The molecule has 3 heterocycles. The largest absolute Gasteiger partial charge is 0.350 e. The number of carbonyl (C=O) groups excluding carboxylic acids is 1. The number of piperazine rings is 1. The Hall–Kier alpha value is -2.18. The molecule has 2 aromatic heterocycles. The SMILES string of the molecule is CC1CN(c2ccc3nnc(C(C)(C)C)n3n2)CC(=O)N1. The average Bonchev–Trinajstić information content (AvgIpc) is 2.79. The Balaban J connectivity index is 2.02. The maximum absolute atomic E-state index is 11.7. The highest BCUT2D eigenvalue weighted by Crippen LogP contribution is 2.22. The molecule has 0 bridgehead atoms. The van der Waals surface area contributed by atoms with Crippen LogP contribution in [0.4, 0.5) is 5.82 Å². The molecule has 0 saturated carbocycles. The van der Waals surface area contributed by atoms with E-state index in [4.69, 9.17) is 0 Å². The summed E-state index contributed by atoms with van der Waals surface area (Å²) in [5.41, 5.74) is 0.579. The molecule has 1 unspecified atom stereocenters. The van der Waals surface area contributed by atoms with Crippen molar-refractivity contribution in [1.82, 2.24) is 25.1 Å². The van der Waals surface area contributed by atoms with Gasteiger partial charge in [-0.2, -0.15) is 4.52 Å². The minimum absolute atomic E-state index is 0.0236. The summed E-state index contributed by atoms with van der Waals surface area (Å²) in [5.74, 6) is 1.61. The number of rotatable bonds is 1. The van der Waals surface area contributed by atoms with E-state index in [0.29, 0.717) is 6.54 Å². The molecule has 1 atom stereocenters. The lowest BCUT2D eigenvalue weighted by Crippen LogP contribution is -2.53. The van der Waals surface area contributed by atoms with Crippen molar-refractivity contribution in [1.29, 1.82) is 0 Å². The molecule has 0 aliphatic carbocycles. The van der Waals surface area contributed by atoms with Crippen LogP contribution in [0.5, 0.6) is 0 Å². The van der Waals surface area contributed by atoms with Crippen LogP contribution in [0.2, 0.25) is 0 Å². The van der Waals surface area contributed by atoms with E-state index in [-0.39, 0.29) is 17.4 Å². The molecule has 1 aliphatic heterocycles. The molecule has 0 aromatic carbocycles. The van der Waals surface area contributed by atoms with E-state index >= 15 is 0 Å². The second kappa shape index (κ2) is 4.68. The van der Waals surface area contributed by atoms with Gasteiger partial charge in [-0.3, -0.25) is 4.79 Å². The van der Waals surface area contributed by atoms with E-state index in [1.54, 1.807) is 4.52 Å². The zero-order chi connectivity index (χ0) is 15.2. The Morgan fingerprint density at radius 2 is 2.05 bits per heavy atom. The zero-order valence-electron chi connectivity index (χ0n) is 12.8. The van der Waals surface area contributed by atoms with Gasteiger partial charge in [0.15, 0.2) is 11.5 Å². The van der Waals surface area contributed by atoms with Crippen molar-refractivity contribution in [3.8, 4) is 0 Å². The van der Waals surface area contributed by atoms with Crippen molar-refractivity contribution < 1.29 is 4.79 Å². The first-order chi connectivity index (χ1) is 9.84. The fraction of sp³-hybridized carbons (Fsp3) is 0.571. The highest BCUT2D eigenvalue weighted by molar-refractivity contribution is 5.82. The fourth-order valence-corrected chi connectivity index (χ4v) is 2.52. The van der Waals surface area contributed by atoms with Crippen LogP contribution in [-0.2, 0) is 10.2 Å². The molecule has 1 saturated heterocycles. The molecule has 1 aliphatic rings. The minimum Gasteiger partial charge on any atom is -0.350 e. The predicted molar refractivity (Wildman–Crippen MR) is 79.3 cm³/mol. The summed E-state index contributed by atoms with van der Waals surface area (Å²) in [7, 11) is 0. The Bertz CT molecular complexity index is 686. The van der Waals surface area contributed by atoms with Crippen LogP contribution in [0.15, 0.2) is 12.1 Å². The van der Waals surface area contributed by atoms with Crippen LogP contribution in [0.25, 0.3) is 5.65 Å². The zero-order valence-corrected chi connectivity index (χ0v) is 12.8. The monoisotopic (exact) mass is 288 g/mol. The first kappa shape index (κ1) is 13.8. The van der Waals surface area contributed by atoms with E-state index in [1.165, 1.54) is 0 Å². The Kier molecular flexibility index (Phi) is 3.07. The van der Waals surface area contributed by atoms with Crippen molar-refractivity contribution in [2.24, 2.45) is 0 Å². The number of anilines is 1. The molecule has 1 amide bonds. The molecule has 1 fully saturated rings. The first-order valence-electron chi connectivity index (χ1n) is 7.12.